The summed E-state index contributed by atoms with van der Waals surface area (Å²) in [6, 6.07) is 0. The quantitative estimate of drug-likeness (QED) is 0.594. The molecule has 0 aromatic carbocycles. The predicted molar refractivity (Wildman–Crippen MR) is 62.0 cm³/mol. The number of ether oxygens (including phenoxy) is 1. The van der Waals surface area contributed by atoms with Gasteiger partial charge in [-0.15, -0.1) is 0 Å². The Kier molecular flexibility index (Phi) is 5.83. The fraction of sp³-hybridized carbons (Fsp3) is 0.692. The monoisotopic (exact) mass is 224 g/mol. The maximum Gasteiger partial charge on any atom is 0.331 e. The molecular formula is C13H20O3. The smallest absolute Gasteiger partial charge is 0.331 e. The maximum absolute atomic E-state index is 11.3. The summed E-state index contributed by atoms with van der Waals surface area (Å²) in [4.78, 5) is 22.6. The van der Waals surface area contributed by atoms with Gasteiger partial charge in [0, 0.05) is 12.5 Å². The topological polar surface area (TPSA) is 43.4 Å². The summed E-state index contributed by atoms with van der Waals surface area (Å²) in [6.07, 6.45) is 9.42. The van der Waals surface area contributed by atoms with E-state index in [0.717, 1.165) is 38.5 Å². The second-order valence-electron chi connectivity index (χ2n) is 4.35. The minimum absolute atomic E-state index is 0.0175. The van der Waals surface area contributed by atoms with Crippen LogP contribution in [0.3, 0.4) is 0 Å². The van der Waals surface area contributed by atoms with Gasteiger partial charge in [-0.2, -0.15) is 0 Å². The zero-order valence-corrected chi connectivity index (χ0v) is 9.91. The number of esters is 1. The number of carbonyl (C=O) groups is 2. The number of hydrogen-bond donors (Lipinski definition) is 0. The third-order valence-electron chi connectivity index (χ3n) is 2.76. The van der Waals surface area contributed by atoms with Crippen LogP contribution in [0, 0.1) is 0 Å². The van der Waals surface area contributed by atoms with E-state index in [1.54, 1.807) is 0 Å². The first kappa shape index (κ1) is 12.9. The third kappa shape index (κ3) is 5.69. The van der Waals surface area contributed by atoms with Crippen LogP contribution in [0.25, 0.3) is 0 Å². The Balaban J connectivity index is 2.49. The van der Waals surface area contributed by atoms with E-state index in [4.69, 9.17) is 4.74 Å². The maximum atomic E-state index is 11.3. The van der Waals surface area contributed by atoms with Crippen LogP contribution >= 0.6 is 0 Å². The normalized spacial score (nSPS) is 27.2. The van der Waals surface area contributed by atoms with Crippen molar-refractivity contribution in [2.75, 3.05) is 0 Å². The van der Waals surface area contributed by atoms with Crippen molar-refractivity contribution >= 4 is 11.8 Å². The highest BCUT2D eigenvalue weighted by molar-refractivity contribution is 5.95. The molecule has 0 radical (unpaired) electrons. The van der Waals surface area contributed by atoms with Gasteiger partial charge in [0.25, 0.3) is 0 Å². The summed E-state index contributed by atoms with van der Waals surface area (Å²) in [5, 5.41) is 0. The molecule has 1 unspecified atom stereocenters. The Morgan fingerprint density at radius 2 is 1.75 bits per heavy atom. The lowest BCUT2D eigenvalue weighted by Crippen LogP contribution is -2.13. The largest absolute Gasteiger partial charge is 0.460 e. The summed E-state index contributed by atoms with van der Waals surface area (Å²) in [7, 11) is 0. The summed E-state index contributed by atoms with van der Waals surface area (Å²) >= 11 is 0. The molecule has 3 nitrogen and oxygen atoms in total. The highest BCUT2D eigenvalue weighted by Crippen LogP contribution is 2.11. The van der Waals surface area contributed by atoms with Gasteiger partial charge >= 0.3 is 5.97 Å². The van der Waals surface area contributed by atoms with Gasteiger partial charge in [0.2, 0.25) is 0 Å². The molecule has 0 aliphatic carbocycles. The number of hydrogen-bond acceptors (Lipinski definition) is 3. The molecule has 0 saturated heterocycles. The first-order valence-electron chi connectivity index (χ1n) is 6.10. The molecule has 0 spiro atoms. The minimum atomic E-state index is -0.403. The molecular weight excluding hydrogens is 204 g/mol. The zero-order chi connectivity index (χ0) is 11.8. The molecule has 3 heteroatoms. The van der Waals surface area contributed by atoms with Gasteiger partial charge in [0.05, 0.1) is 6.10 Å². The van der Waals surface area contributed by atoms with Crippen LogP contribution in [0.4, 0.5) is 0 Å². The molecule has 0 aromatic rings. The number of rotatable bonds is 0. The van der Waals surface area contributed by atoms with Gasteiger partial charge in [-0.3, -0.25) is 4.79 Å². The Bertz CT molecular complexity index is 268. The van der Waals surface area contributed by atoms with Crippen molar-refractivity contribution in [1.29, 1.82) is 0 Å². The first-order chi connectivity index (χ1) is 7.68. The van der Waals surface area contributed by atoms with Gasteiger partial charge in [-0.25, -0.2) is 4.79 Å². The van der Waals surface area contributed by atoms with E-state index in [0.29, 0.717) is 6.42 Å². The van der Waals surface area contributed by atoms with Gasteiger partial charge in [-0.1, -0.05) is 19.3 Å². The Morgan fingerprint density at radius 1 is 1.06 bits per heavy atom. The van der Waals surface area contributed by atoms with E-state index in [1.807, 2.05) is 6.92 Å². The van der Waals surface area contributed by atoms with Gasteiger partial charge in [0.1, 0.15) is 0 Å². The van der Waals surface area contributed by atoms with Crippen LogP contribution in [0.1, 0.15) is 51.9 Å². The average molecular weight is 224 g/mol. The minimum Gasteiger partial charge on any atom is -0.460 e. The van der Waals surface area contributed by atoms with Crippen molar-refractivity contribution in [3.63, 3.8) is 0 Å². The van der Waals surface area contributed by atoms with Gasteiger partial charge < -0.3 is 4.74 Å². The molecule has 0 saturated carbocycles. The Labute approximate surface area is 96.9 Å². The highest BCUT2D eigenvalue weighted by atomic mass is 16.5. The van der Waals surface area contributed by atoms with E-state index in [9.17, 15) is 9.59 Å². The summed E-state index contributed by atoms with van der Waals surface area (Å²) in [5.74, 6) is -0.385. The van der Waals surface area contributed by atoms with E-state index in [2.05, 4.69) is 0 Å². The Morgan fingerprint density at radius 3 is 2.56 bits per heavy atom. The molecule has 0 aromatic heterocycles. The van der Waals surface area contributed by atoms with E-state index in [-0.39, 0.29) is 11.9 Å². The fourth-order valence-corrected chi connectivity index (χ4v) is 1.80. The predicted octanol–water partition coefficient (Wildman–Crippen LogP) is 2.79. The molecule has 1 rings (SSSR count). The van der Waals surface area contributed by atoms with Crippen LogP contribution in [0.2, 0.25) is 0 Å². The molecule has 1 atom stereocenters. The van der Waals surface area contributed by atoms with Crippen LogP contribution < -0.4 is 0 Å². The number of allylic oxidation sites excluding steroid dienone is 1. The van der Waals surface area contributed by atoms with E-state index in [1.165, 1.54) is 12.2 Å². The lowest BCUT2D eigenvalue weighted by Gasteiger charge is -2.11. The number of carbonyl (C=O) groups excluding carboxylic acids is 2. The van der Waals surface area contributed by atoms with Crippen molar-refractivity contribution in [2.45, 2.75) is 58.0 Å². The van der Waals surface area contributed by atoms with Crippen molar-refractivity contribution < 1.29 is 14.3 Å². The van der Waals surface area contributed by atoms with Crippen molar-refractivity contribution in [2.24, 2.45) is 0 Å². The van der Waals surface area contributed by atoms with Crippen LogP contribution in [-0.2, 0) is 14.3 Å². The molecule has 0 bridgehead atoms. The van der Waals surface area contributed by atoms with Crippen LogP contribution in [0.5, 0.6) is 0 Å². The second kappa shape index (κ2) is 7.20. The lowest BCUT2D eigenvalue weighted by molar-refractivity contribution is -0.142. The third-order valence-corrected chi connectivity index (χ3v) is 2.76. The summed E-state index contributed by atoms with van der Waals surface area (Å²) < 4.78 is 5.13. The molecule has 0 N–H and O–H groups in total. The number of ketones is 1. The zero-order valence-electron chi connectivity index (χ0n) is 9.91. The molecule has 16 heavy (non-hydrogen) atoms. The fourth-order valence-electron chi connectivity index (χ4n) is 1.80. The first-order valence-corrected chi connectivity index (χ1v) is 6.10. The SMILES string of the molecule is CC1CCCCCCCC(=O)/C=C/C(=O)O1. The van der Waals surface area contributed by atoms with Crippen molar-refractivity contribution in [3.8, 4) is 0 Å². The van der Waals surface area contributed by atoms with E-state index < -0.39 is 5.97 Å². The van der Waals surface area contributed by atoms with Crippen LogP contribution in [-0.4, -0.2) is 17.9 Å². The molecule has 1 aliphatic heterocycles. The van der Waals surface area contributed by atoms with Crippen molar-refractivity contribution in [1.82, 2.24) is 0 Å². The molecule has 0 amide bonds. The van der Waals surface area contributed by atoms with Gasteiger partial charge in [-0.05, 0) is 32.3 Å². The average Bonchev–Trinajstić information content (AvgIpc) is 2.25. The Hall–Kier alpha value is -1.12. The molecule has 1 aliphatic rings. The van der Waals surface area contributed by atoms with Gasteiger partial charge in [0.15, 0.2) is 5.78 Å². The standard InChI is InChI=1S/C13H20O3/c1-11-7-5-3-2-4-6-8-12(14)9-10-13(15)16-11/h9-11H,2-8H2,1H3/b10-9+. The lowest BCUT2D eigenvalue weighted by atomic mass is 10.1. The number of cyclic esters (lactones) is 1. The van der Waals surface area contributed by atoms with Crippen molar-refractivity contribution in [3.05, 3.63) is 12.2 Å². The van der Waals surface area contributed by atoms with Crippen LogP contribution in [0.15, 0.2) is 12.2 Å². The highest BCUT2D eigenvalue weighted by Gasteiger charge is 2.08. The second-order valence-corrected chi connectivity index (χ2v) is 4.35. The van der Waals surface area contributed by atoms with E-state index >= 15 is 0 Å². The summed E-state index contributed by atoms with van der Waals surface area (Å²) in [6.45, 7) is 1.90. The summed E-state index contributed by atoms with van der Waals surface area (Å²) in [5.41, 5.74) is 0. The molecule has 1 heterocycles. The molecule has 0 fully saturated rings. The molecule has 90 valence electrons.